The summed E-state index contributed by atoms with van der Waals surface area (Å²) in [5.41, 5.74) is 3.62. The standard InChI is InChI=1S/C23H23ClFN5O2/c1-12-19(24)9-26-22-18-10-29(11-20(18)28-30(12)22)23(31)17-5-2-13(25)6-21(17)32-16-7-14-3-4-15(8-16)27-14/h2,5-6,9,14-16,27H,3-4,7-8,10-11H2,1H3/t14-,15+,16?. The monoisotopic (exact) mass is 455 g/mol. The van der Waals surface area contributed by atoms with Gasteiger partial charge in [0.2, 0.25) is 0 Å². The molecule has 2 saturated heterocycles. The van der Waals surface area contributed by atoms with Crippen LogP contribution in [0.25, 0.3) is 5.65 Å². The molecule has 5 heterocycles. The van der Waals surface area contributed by atoms with Gasteiger partial charge in [0.05, 0.1) is 35.1 Å². The molecule has 32 heavy (non-hydrogen) atoms. The van der Waals surface area contributed by atoms with Crippen LogP contribution in [0.15, 0.2) is 24.4 Å². The average molecular weight is 456 g/mol. The van der Waals surface area contributed by atoms with E-state index in [2.05, 4.69) is 15.4 Å². The highest BCUT2D eigenvalue weighted by Crippen LogP contribution is 2.33. The van der Waals surface area contributed by atoms with E-state index in [1.165, 1.54) is 18.2 Å². The maximum atomic E-state index is 14.1. The van der Waals surface area contributed by atoms with Crippen molar-refractivity contribution in [1.82, 2.24) is 24.8 Å². The number of hydrogen-bond donors (Lipinski definition) is 1. The lowest BCUT2D eigenvalue weighted by Crippen LogP contribution is -2.42. The van der Waals surface area contributed by atoms with Crippen molar-refractivity contribution in [3.05, 3.63) is 57.8 Å². The topological polar surface area (TPSA) is 71.8 Å². The lowest BCUT2D eigenvalue weighted by molar-refractivity contribution is 0.0737. The van der Waals surface area contributed by atoms with Crippen LogP contribution in [0.1, 0.15) is 53.0 Å². The number of rotatable bonds is 3. The van der Waals surface area contributed by atoms with Crippen LogP contribution in [0.4, 0.5) is 4.39 Å². The number of aromatic nitrogens is 3. The Kier molecular flexibility index (Phi) is 4.62. The molecule has 3 aliphatic rings. The summed E-state index contributed by atoms with van der Waals surface area (Å²) in [5.74, 6) is -0.285. The molecule has 9 heteroatoms. The fraction of sp³-hybridized carbons (Fsp3) is 0.435. The first-order valence-corrected chi connectivity index (χ1v) is 11.4. The predicted molar refractivity (Wildman–Crippen MR) is 116 cm³/mol. The zero-order valence-electron chi connectivity index (χ0n) is 17.6. The molecule has 1 amide bonds. The number of hydrogen-bond acceptors (Lipinski definition) is 5. The van der Waals surface area contributed by atoms with Crippen LogP contribution >= 0.6 is 11.6 Å². The number of amides is 1. The van der Waals surface area contributed by atoms with E-state index in [1.807, 2.05) is 6.92 Å². The van der Waals surface area contributed by atoms with Crippen molar-refractivity contribution in [2.75, 3.05) is 0 Å². The van der Waals surface area contributed by atoms with E-state index in [0.717, 1.165) is 42.6 Å². The smallest absolute Gasteiger partial charge is 0.258 e. The summed E-state index contributed by atoms with van der Waals surface area (Å²) in [5, 5.41) is 8.73. The Morgan fingerprint density at radius 1 is 1.25 bits per heavy atom. The third kappa shape index (κ3) is 3.24. The minimum atomic E-state index is -0.410. The first kappa shape index (κ1) is 19.9. The van der Waals surface area contributed by atoms with E-state index in [0.29, 0.717) is 47.2 Å². The van der Waals surface area contributed by atoms with E-state index in [4.69, 9.17) is 16.3 Å². The van der Waals surface area contributed by atoms with Crippen molar-refractivity contribution in [3.63, 3.8) is 0 Å². The molecule has 7 nitrogen and oxygen atoms in total. The van der Waals surface area contributed by atoms with Gasteiger partial charge in [0.15, 0.2) is 5.65 Å². The molecular formula is C23H23ClFN5O2. The molecule has 166 valence electrons. The SMILES string of the molecule is Cc1c(Cl)cnc2c3c(nn12)CN(C(=O)c1ccc(F)cc1OC1C[C@H]2CC[C@@H](C1)N2)C3. The van der Waals surface area contributed by atoms with Crippen LogP contribution < -0.4 is 10.1 Å². The third-order valence-corrected chi connectivity index (χ3v) is 7.25. The Morgan fingerprint density at radius 3 is 2.81 bits per heavy atom. The van der Waals surface area contributed by atoms with Gasteiger partial charge in [-0.05, 0) is 44.7 Å². The summed E-state index contributed by atoms with van der Waals surface area (Å²) < 4.78 is 22.0. The number of aryl methyl sites for hydroxylation is 1. The normalized spacial score (nSPS) is 24.2. The third-order valence-electron chi connectivity index (χ3n) is 6.88. The van der Waals surface area contributed by atoms with E-state index in [9.17, 15) is 9.18 Å². The quantitative estimate of drug-likeness (QED) is 0.652. The van der Waals surface area contributed by atoms with E-state index >= 15 is 0 Å². The molecule has 3 aliphatic heterocycles. The van der Waals surface area contributed by atoms with Crippen LogP contribution in [0.3, 0.4) is 0 Å². The summed E-state index contributed by atoms with van der Waals surface area (Å²) in [6.07, 6.45) is 5.63. The maximum Gasteiger partial charge on any atom is 0.258 e. The van der Waals surface area contributed by atoms with E-state index < -0.39 is 5.82 Å². The minimum Gasteiger partial charge on any atom is -0.489 e. The predicted octanol–water partition coefficient (Wildman–Crippen LogP) is 3.65. The number of carbonyl (C=O) groups excluding carboxylic acids is 1. The minimum absolute atomic E-state index is 0.0148. The van der Waals surface area contributed by atoms with Gasteiger partial charge in [-0.3, -0.25) is 4.79 Å². The fourth-order valence-electron chi connectivity index (χ4n) is 5.25. The molecule has 6 rings (SSSR count). The van der Waals surface area contributed by atoms with Gasteiger partial charge in [-0.15, -0.1) is 0 Å². The van der Waals surface area contributed by atoms with Crippen LogP contribution in [0, 0.1) is 12.7 Å². The number of nitrogens with zero attached hydrogens (tertiary/aromatic N) is 4. The van der Waals surface area contributed by atoms with Crippen molar-refractivity contribution in [3.8, 4) is 5.75 Å². The summed E-state index contributed by atoms with van der Waals surface area (Å²) in [6.45, 7) is 2.64. The van der Waals surface area contributed by atoms with Gasteiger partial charge in [0.25, 0.3) is 5.91 Å². The molecule has 2 bridgehead atoms. The second-order valence-electron chi connectivity index (χ2n) is 9.00. The largest absolute Gasteiger partial charge is 0.489 e. The van der Waals surface area contributed by atoms with Gasteiger partial charge in [0.1, 0.15) is 17.7 Å². The highest BCUT2D eigenvalue weighted by Gasteiger charge is 2.36. The Bertz CT molecular complexity index is 1230. The summed E-state index contributed by atoms with van der Waals surface area (Å²) in [6, 6.07) is 5.05. The second-order valence-corrected chi connectivity index (χ2v) is 9.41. The van der Waals surface area contributed by atoms with E-state index in [1.54, 1.807) is 15.6 Å². The zero-order chi connectivity index (χ0) is 22.0. The number of nitrogens with one attached hydrogen (secondary N) is 1. The molecule has 1 N–H and O–H groups in total. The molecule has 1 aromatic carbocycles. The van der Waals surface area contributed by atoms with Crippen LogP contribution in [0.5, 0.6) is 5.75 Å². The van der Waals surface area contributed by atoms with Gasteiger partial charge >= 0.3 is 0 Å². The van der Waals surface area contributed by atoms with Crippen molar-refractivity contribution >= 4 is 23.2 Å². The summed E-state index contributed by atoms with van der Waals surface area (Å²) in [4.78, 5) is 19.5. The highest BCUT2D eigenvalue weighted by molar-refractivity contribution is 6.31. The van der Waals surface area contributed by atoms with Gasteiger partial charge < -0.3 is 15.0 Å². The number of carbonyl (C=O) groups is 1. The highest BCUT2D eigenvalue weighted by atomic mass is 35.5. The lowest BCUT2D eigenvalue weighted by Gasteiger charge is -2.30. The van der Waals surface area contributed by atoms with Crippen LogP contribution in [-0.2, 0) is 13.1 Å². The van der Waals surface area contributed by atoms with Crippen LogP contribution in [-0.4, -0.2) is 43.6 Å². The number of benzene rings is 1. The number of halogens is 2. The van der Waals surface area contributed by atoms with Crippen molar-refractivity contribution in [2.24, 2.45) is 0 Å². The average Bonchev–Trinajstić information content (AvgIpc) is 3.43. The first-order chi connectivity index (χ1) is 15.5. The molecule has 3 atom stereocenters. The molecule has 0 saturated carbocycles. The van der Waals surface area contributed by atoms with Crippen LogP contribution in [0.2, 0.25) is 5.02 Å². The second kappa shape index (κ2) is 7.42. The summed E-state index contributed by atoms with van der Waals surface area (Å²) >= 11 is 6.17. The molecule has 3 aromatic rings. The van der Waals surface area contributed by atoms with Crippen molar-refractivity contribution < 1.29 is 13.9 Å². The van der Waals surface area contributed by atoms with Gasteiger partial charge in [0, 0.05) is 29.9 Å². The Labute approximate surface area is 189 Å². The van der Waals surface area contributed by atoms with Gasteiger partial charge in [-0.1, -0.05) is 11.6 Å². The Hall–Kier alpha value is -2.71. The zero-order valence-corrected chi connectivity index (χ0v) is 18.4. The molecule has 0 spiro atoms. The molecule has 1 unspecified atom stereocenters. The van der Waals surface area contributed by atoms with Gasteiger partial charge in [-0.2, -0.15) is 5.10 Å². The first-order valence-electron chi connectivity index (χ1n) is 11.0. The van der Waals surface area contributed by atoms with Crippen molar-refractivity contribution in [2.45, 2.75) is 63.9 Å². The molecule has 2 fully saturated rings. The van der Waals surface area contributed by atoms with Crippen molar-refractivity contribution in [1.29, 1.82) is 0 Å². The van der Waals surface area contributed by atoms with E-state index in [-0.39, 0.29) is 12.0 Å². The number of fused-ring (bicyclic) bond motifs is 5. The Morgan fingerprint density at radius 2 is 2.03 bits per heavy atom. The van der Waals surface area contributed by atoms with Gasteiger partial charge in [-0.25, -0.2) is 13.9 Å². The molecule has 2 aromatic heterocycles. The fourth-order valence-corrected chi connectivity index (χ4v) is 5.37. The lowest BCUT2D eigenvalue weighted by atomic mass is 10.0. The maximum absolute atomic E-state index is 14.1. The molecular weight excluding hydrogens is 433 g/mol. The molecule has 0 aliphatic carbocycles. The number of piperidine rings is 1. The number of ether oxygens (including phenoxy) is 1. The Balaban J connectivity index is 1.26. The summed E-state index contributed by atoms with van der Waals surface area (Å²) in [7, 11) is 0. The molecule has 0 radical (unpaired) electrons.